The second-order valence-corrected chi connectivity index (χ2v) is 3.51. The van der Waals surface area contributed by atoms with Crippen LogP contribution in [0.2, 0.25) is 10.0 Å². The Bertz CT molecular complexity index is 350. The third-order valence-corrected chi connectivity index (χ3v) is 2.21. The van der Waals surface area contributed by atoms with Crippen LogP contribution in [0.15, 0.2) is 12.1 Å². The van der Waals surface area contributed by atoms with Crippen molar-refractivity contribution in [3.63, 3.8) is 0 Å². The fraction of sp³-hybridized carbons (Fsp3) is 0.222. The van der Waals surface area contributed by atoms with E-state index in [4.69, 9.17) is 23.2 Å². The van der Waals surface area contributed by atoms with E-state index >= 15 is 0 Å². The number of hydrogen-bond donors (Lipinski definition) is 0. The van der Waals surface area contributed by atoms with E-state index in [1.807, 2.05) is 0 Å². The predicted molar refractivity (Wildman–Crippen MR) is 50.8 cm³/mol. The molecule has 70 valence electrons. The first kappa shape index (κ1) is 10.5. The van der Waals surface area contributed by atoms with Gasteiger partial charge in [0.15, 0.2) is 0 Å². The van der Waals surface area contributed by atoms with Crippen molar-refractivity contribution in [2.45, 2.75) is 13.3 Å². The molecule has 0 aliphatic rings. The minimum atomic E-state index is -0.607. The van der Waals surface area contributed by atoms with Gasteiger partial charge in [0.05, 0.1) is 5.02 Å². The first-order valence-electron chi connectivity index (χ1n) is 3.64. The maximum absolute atomic E-state index is 13.3. The molecule has 0 aliphatic carbocycles. The van der Waals surface area contributed by atoms with Crippen molar-refractivity contribution in [1.82, 2.24) is 0 Å². The highest BCUT2D eigenvalue weighted by Gasteiger charge is 2.12. The molecule has 0 saturated carbocycles. The standard InChI is InChI=1S/C9H7Cl2FO/c1-5(13)4-6-7(10)2-3-8(11)9(6)12/h2-3H,4H2,1H3. The largest absolute Gasteiger partial charge is 0.300 e. The molecule has 0 heterocycles. The minimum Gasteiger partial charge on any atom is -0.300 e. The molecule has 0 fully saturated rings. The second-order valence-electron chi connectivity index (χ2n) is 2.70. The molecule has 4 heteroatoms. The minimum absolute atomic E-state index is 0.0133. The van der Waals surface area contributed by atoms with Gasteiger partial charge in [-0.05, 0) is 19.1 Å². The zero-order chi connectivity index (χ0) is 10.0. The lowest BCUT2D eigenvalue weighted by molar-refractivity contribution is -0.116. The average Bonchev–Trinajstić information content (AvgIpc) is 2.05. The topological polar surface area (TPSA) is 17.1 Å². The summed E-state index contributed by atoms with van der Waals surface area (Å²) < 4.78 is 13.3. The summed E-state index contributed by atoms with van der Waals surface area (Å²) in [6.45, 7) is 1.37. The van der Waals surface area contributed by atoms with Crippen molar-refractivity contribution in [3.8, 4) is 0 Å². The van der Waals surface area contributed by atoms with Crippen LogP contribution in [0.4, 0.5) is 4.39 Å². The van der Waals surface area contributed by atoms with Gasteiger partial charge in [0.1, 0.15) is 11.6 Å². The Labute approximate surface area is 85.5 Å². The summed E-state index contributed by atoms with van der Waals surface area (Å²) in [5, 5.41) is 0.220. The van der Waals surface area contributed by atoms with Crippen molar-refractivity contribution < 1.29 is 9.18 Å². The third-order valence-electron chi connectivity index (χ3n) is 1.56. The molecule has 0 saturated heterocycles. The van der Waals surface area contributed by atoms with Gasteiger partial charge in [0.2, 0.25) is 0 Å². The van der Waals surface area contributed by atoms with Gasteiger partial charge in [-0.15, -0.1) is 0 Å². The highest BCUT2D eigenvalue weighted by atomic mass is 35.5. The molecule has 13 heavy (non-hydrogen) atoms. The van der Waals surface area contributed by atoms with Crippen molar-refractivity contribution >= 4 is 29.0 Å². The van der Waals surface area contributed by atoms with Gasteiger partial charge in [-0.2, -0.15) is 0 Å². The number of carbonyl (C=O) groups is 1. The lowest BCUT2D eigenvalue weighted by Crippen LogP contribution is -2.00. The normalized spacial score (nSPS) is 10.2. The van der Waals surface area contributed by atoms with E-state index in [1.165, 1.54) is 19.1 Å². The van der Waals surface area contributed by atoms with E-state index in [2.05, 4.69) is 0 Å². The van der Waals surface area contributed by atoms with Gasteiger partial charge in [0.25, 0.3) is 0 Å². The van der Waals surface area contributed by atoms with Crippen LogP contribution in [0.3, 0.4) is 0 Å². The maximum Gasteiger partial charge on any atom is 0.146 e. The summed E-state index contributed by atoms with van der Waals surface area (Å²) in [5.74, 6) is -0.757. The molecule has 0 unspecified atom stereocenters. The zero-order valence-corrected chi connectivity index (χ0v) is 8.42. The molecule has 0 atom stereocenters. The average molecular weight is 221 g/mol. The number of ketones is 1. The summed E-state index contributed by atoms with van der Waals surface area (Å²) in [6, 6.07) is 2.84. The Morgan fingerprint density at radius 1 is 1.38 bits per heavy atom. The van der Waals surface area contributed by atoms with Gasteiger partial charge >= 0.3 is 0 Å². The van der Waals surface area contributed by atoms with E-state index in [0.29, 0.717) is 0 Å². The number of rotatable bonds is 2. The molecule has 0 aliphatic heterocycles. The molecule has 1 nitrogen and oxygen atoms in total. The summed E-state index contributed by atoms with van der Waals surface area (Å²) in [7, 11) is 0. The summed E-state index contributed by atoms with van der Waals surface area (Å²) in [6.07, 6.45) is -0.0226. The molecule has 0 amide bonds. The first-order chi connectivity index (χ1) is 6.02. The molecule has 1 aromatic carbocycles. The van der Waals surface area contributed by atoms with Crippen LogP contribution >= 0.6 is 23.2 Å². The quantitative estimate of drug-likeness (QED) is 0.700. The Morgan fingerprint density at radius 2 is 1.92 bits per heavy atom. The summed E-state index contributed by atoms with van der Waals surface area (Å²) in [4.78, 5) is 10.8. The Balaban J connectivity index is 3.17. The van der Waals surface area contributed by atoms with Crippen LogP contribution in [0, 0.1) is 5.82 Å². The molecule has 1 aromatic rings. The molecule has 0 bridgehead atoms. The van der Waals surface area contributed by atoms with Gasteiger partial charge in [-0.3, -0.25) is 4.79 Å². The number of Topliss-reactive ketones (excluding diaryl/α,β-unsaturated/α-hetero) is 1. The van der Waals surface area contributed by atoms with Gasteiger partial charge in [0, 0.05) is 17.0 Å². The fourth-order valence-corrected chi connectivity index (χ4v) is 1.37. The van der Waals surface area contributed by atoms with Crippen molar-refractivity contribution in [1.29, 1.82) is 0 Å². The van der Waals surface area contributed by atoms with Crippen molar-refractivity contribution in [2.75, 3.05) is 0 Å². The summed E-state index contributed by atoms with van der Waals surface area (Å²) >= 11 is 11.2. The summed E-state index contributed by atoms with van der Waals surface area (Å²) in [5.41, 5.74) is 0.168. The molecule has 1 rings (SSSR count). The molecular weight excluding hydrogens is 214 g/mol. The highest BCUT2D eigenvalue weighted by molar-refractivity contribution is 6.33. The van der Waals surface area contributed by atoms with E-state index in [1.54, 1.807) is 0 Å². The lowest BCUT2D eigenvalue weighted by atomic mass is 10.1. The molecule has 0 radical (unpaired) electrons. The number of hydrogen-bond acceptors (Lipinski definition) is 1. The van der Waals surface area contributed by atoms with E-state index in [-0.39, 0.29) is 27.8 Å². The van der Waals surface area contributed by atoms with E-state index in [9.17, 15) is 9.18 Å². The van der Waals surface area contributed by atoms with Gasteiger partial charge in [-0.1, -0.05) is 23.2 Å². The fourth-order valence-electron chi connectivity index (χ4n) is 0.980. The number of halogens is 3. The van der Waals surface area contributed by atoms with Crippen LogP contribution in [-0.2, 0) is 11.2 Å². The van der Waals surface area contributed by atoms with Crippen LogP contribution in [-0.4, -0.2) is 5.78 Å². The van der Waals surface area contributed by atoms with Crippen molar-refractivity contribution in [2.24, 2.45) is 0 Å². The zero-order valence-electron chi connectivity index (χ0n) is 6.90. The Hall–Kier alpha value is -0.600. The van der Waals surface area contributed by atoms with Crippen molar-refractivity contribution in [3.05, 3.63) is 33.6 Å². The first-order valence-corrected chi connectivity index (χ1v) is 4.39. The van der Waals surface area contributed by atoms with E-state index < -0.39 is 5.82 Å². The number of benzene rings is 1. The van der Waals surface area contributed by atoms with Gasteiger partial charge < -0.3 is 0 Å². The van der Waals surface area contributed by atoms with Crippen LogP contribution < -0.4 is 0 Å². The third kappa shape index (κ3) is 2.42. The monoisotopic (exact) mass is 220 g/mol. The SMILES string of the molecule is CC(=O)Cc1c(Cl)ccc(Cl)c1F. The van der Waals surface area contributed by atoms with Crippen LogP contribution in [0.25, 0.3) is 0 Å². The Morgan fingerprint density at radius 3 is 2.46 bits per heavy atom. The second kappa shape index (κ2) is 4.07. The number of carbonyl (C=O) groups excluding carboxylic acids is 1. The molecule has 0 aromatic heterocycles. The molecule has 0 spiro atoms. The molecular formula is C9H7Cl2FO. The van der Waals surface area contributed by atoms with Gasteiger partial charge in [-0.25, -0.2) is 4.39 Å². The maximum atomic E-state index is 13.3. The van der Waals surface area contributed by atoms with Crippen LogP contribution in [0.5, 0.6) is 0 Å². The lowest BCUT2D eigenvalue weighted by Gasteiger charge is -2.04. The molecule has 0 N–H and O–H groups in total. The highest BCUT2D eigenvalue weighted by Crippen LogP contribution is 2.25. The smallest absolute Gasteiger partial charge is 0.146 e. The Kier molecular flexibility index (Phi) is 3.28. The van der Waals surface area contributed by atoms with Crippen LogP contribution in [0.1, 0.15) is 12.5 Å². The predicted octanol–water partition coefficient (Wildman–Crippen LogP) is 3.26. The van der Waals surface area contributed by atoms with E-state index in [0.717, 1.165) is 0 Å².